The number of ether oxygens (including phenoxy) is 1. The van der Waals surface area contributed by atoms with Crippen LogP contribution in [0.1, 0.15) is 19.8 Å². The van der Waals surface area contributed by atoms with Crippen LogP contribution in [-0.4, -0.2) is 36.6 Å². The van der Waals surface area contributed by atoms with Crippen molar-refractivity contribution in [3.63, 3.8) is 0 Å². The summed E-state index contributed by atoms with van der Waals surface area (Å²) in [6.07, 6.45) is 4.34. The molecule has 0 unspecified atom stereocenters. The highest BCUT2D eigenvalue weighted by atomic mass is 16.5. The van der Waals surface area contributed by atoms with Crippen molar-refractivity contribution in [2.75, 3.05) is 31.7 Å². The second-order valence-electron chi connectivity index (χ2n) is 6.21. The molecule has 2 heterocycles. The standard InChI is InChI=1S/C16H23N3O/c1-16(12-20-3)7-9-19(10-8-16)15-6-4-5-14-13(15)11-17-18(14)2/h4-6,11H,7-10,12H2,1-3H3. The number of aryl methyl sites for hydroxylation is 1. The van der Waals surface area contributed by atoms with Gasteiger partial charge in [0.15, 0.2) is 0 Å². The zero-order valence-corrected chi connectivity index (χ0v) is 12.6. The summed E-state index contributed by atoms with van der Waals surface area (Å²) in [6.45, 7) is 5.37. The number of piperidine rings is 1. The molecule has 0 bridgehead atoms. The first-order valence-electron chi connectivity index (χ1n) is 7.28. The SMILES string of the molecule is COCC1(C)CCN(c2cccc3c2cnn3C)CC1. The van der Waals surface area contributed by atoms with Gasteiger partial charge in [0.25, 0.3) is 0 Å². The van der Waals surface area contributed by atoms with Crippen LogP contribution in [-0.2, 0) is 11.8 Å². The highest BCUT2D eigenvalue weighted by Gasteiger charge is 2.30. The van der Waals surface area contributed by atoms with E-state index in [1.54, 1.807) is 7.11 Å². The summed E-state index contributed by atoms with van der Waals surface area (Å²) in [5, 5.41) is 5.63. The molecule has 0 spiro atoms. The molecule has 0 radical (unpaired) electrons. The number of rotatable bonds is 3. The third-order valence-electron chi connectivity index (χ3n) is 4.57. The minimum Gasteiger partial charge on any atom is -0.384 e. The number of hydrogen-bond donors (Lipinski definition) is 0. The molecule has 1 aromatic carbocycles. The Balaban J connectivity index is 1.83. The van der Waals surface area contributed by atoms with E-state index in [2.05, 4.69) is 35.1 Å². The lowest BCUT2D eigenvalue weighted by Gasteiger charge is -2.40. The van der Waals surface area contributed by atoms with Gasteiger partial charge in [-0.25, -0.2) is 0 Å². The van der Waals surface area contributed by atoms with E-state index in [-0.39, 0.29) is 0 Å². The summed E-state index contributed by atoms with van der Waals surface area (Å²) in [6, 6.07) is 6.47. The third kappa shape index (κ3) is 2.29. The van der Waals surface area contributed by atoms with Gasteiger partial charge >= 0.3 is 0 Å². The average molecular weight is 273 g/mol. The fourth-order valence-corrected chi connectivity index (χ4v) is 3.22. The summed E-state index contributed by atoms with van der Waals surface area (Å²) in [5.41, 5.74) is 2.84. The predicted molar refractivity (Wildman–Crippen MR) is 82.1 cm³/mol. The Hall–Kier alpha value is -1.55. The number of hydrogen-bond acceptors (Lipinski definition) is 3. The van der Waals surface area contributed by atoms with Gasteiger partial charge in [0.1, 0.15) is 0 Å². The summed E-state index contributed by atoms with van der Waals surface area (Å²) in [5.74, 6) is 0. The first kappa shape index (κ1) is 13.4. The smallest absolute Gasteiger partial charge is 0.0700 e. The lowest BCUT2D eigenvalue weighted by atomic mass is 9.81. The van der Waals surface area contributed by atoms with Crippen LogP contribution in [0.2, 0.25) is 0 Å². The Morgan fingerprint density at radius 1 is 1.30 bits per heavy atom. The maximum absolute atomic E-state index is 5.37. The van der Waals surface area contributed by atoms with Crippen LogP contribution < -0.4 is 4.90 Å². The molecular formula is C16H23N3O. The number of anilines is 1. The van der Waals surface area contributed by atoms with Crippen molar-refractivity contribution in [1.82, 2.24) is 9.78 Å². The van der Waals surface area contributed by atoms with E-state index in [1.807, 2.05) is 17.9 Å². The van der Waals surface area contributed by atoms with E-state index < -0.39 is 0 Å². The van der Waals surface area contributed by atoms with E-state index in [0.717, 1.165) is 19.7 Å². The summed E-state index contributed by atoms with van der Waals surface area (Å²) < 4.78 is 7.31. The minimum atomic E-state index is 0.327. The molecule has 1 aromatic heterocycles. The zero-order chi connectivity index (χ0) is 14.2. The molecule has 2 aromatic rings. The first-order chi connectivity index (χ1) is 9.63. The number of nitrogens with zero attached hydrogens (tertiary/aromatic N) is 3. The molecule has 1 aliphatic rings. The number of fused-ring (bicyclic) bond motifs is 1. The number of aromatic nitrogens is 2. The van der Waals surface area contributed by atoms with Gasteiger partial charge in [-0.2, -0.15) is 5.10 Å². The van der Waals surface area contributed by atoms with Crippen LogP contribution in [0, 0.1) is 5.41 Å². The van der Waals surface area contributed by atoms with Crippen molar-refractivity contribution in [2.45, 2.75) is 19.8 Å². The molecule has 4 nitrogen and oxygen atoms in total. The molecule has 20 heavy (non-hydrogen) atoms. The van der Waals surface area contributed by atoms with Crippen LogP contribution >= 0.6 is 0 Å². The van der Waals surface area contributed by atoms with Crippen LogP contribution in [0.25, 0.3) is 10.9 Å². The van der Waals surface area contributed by atoms with Gasteiger partial charge < -0.3 is 9.64 Å². The molecule has 4 heteroatoms. The summed E-state index contributed by atoms with van der Waals surface area (Å²) in [4.78, 5) is 2.49. The quantitative estimate of drug-likeness (QED) is 0.861. The minimum absolute atomic E-state index is 0.327. The molecule has 0 saturated carbocycles. The van der Waals surface area contributed by atoms with Crippen molar-refractivity contribution >= 4 is 16.6 Å². The van der Waals surface area contributed by atoms with E-state index in [9.17, 15) is 0 Å². The van der Waals surface area contributed by atoms with Gasteiger partial charge in [0.2, 0.25) is 0 Å². The second kappa shape index (κ2) is 5.09. The van der Waals surface area contributed by atoms with Gasteiger partial charge in [-0.3, -0.25) is 4.68 Å². The molecule has 0 atom stereocenters. The molecule has 1 fully saturated rings. The largest absolute Gasteiger partial charge is 0.384 e. The lowest BCUT2D eigenvalue weighted by molar-refractivity contribution is 0.0731. The number of benzene rings is 1. The topological polar surface area (TPSA) is 30.3 Å². The Morgan fingerprint density at radius 3 is 2.75 bits per heavy atom. The Kier molecular flexibility index (Phi) is 3.42. The van der Waals surface area contributed by atoms with E-state index in [1.165, 1.54) is 29.4 Å². The fraction of sp³-hybridized carbons (Fsp3) is 0.562. The van der Waals surface area contributed by atoms with Crippen LogP contribution in [0.4, 0.5) is 5.69 Å². The number of methoxy groups -OCH3 is 1. The van der Waals surface area contributed by atoms with Gasteiger partial charge in [-0.05, 0) is 30.4 Å². The van der Waals surface area contributed by atoms with Gasteiger partial charge in [-0.15, -0.1) is 0 Å². The highest BCUT2D eigenvalue weighted by molar-refractivity contribution is 5.91. The van der Waals surface area contributed by atoms with E-state index in [0.29, 0.717) is 5.41 Å². The molecule has 1 aliphatic heterocycles. The van der Waals surface area contributed by atoms with Crippen molar-refractivity contribution in [2.24, 2.45) is 12.5 Å². The molecule has 0 aliphatic carbocycles. The average Bonchev–Trinajstić information content (AvgIpc) is 2.82. The predicted octanol–water partition coefficient (Wildman–Crippen LogP) is 2.83. The second-order valence-corrected chi connectivity index (χ2v) is 6.21. The van der Waals surface area contributed by atoms with Crippen molar-refractivity contribution in [3.05, 3.63) is 24.4 Å². The third-order valence-corrected chi connectivity index (χ3v) is 4.57. The van der Waals surface area contributed by atoms with Crippen molar-refractivity contribution in [1.29, 1.82) is 0 Å². The lowest BCUT2D eigenvalue weighted by Crippen LogP contribution is -2.40. The maximum atomic E-state index is 5.37. The van der Waals surface area contributed by atoms with Gasteiger partial charge in [0.05, 0.1) is 18.3 Å². The van der Waals surface area contributed by atoms with Crippen molar-refractivity contribution < 1.29 is 4.74 Å². The van der Waals surface area contributed by atoms with Crippen LogP contribution in [0.3, 0.4) is 0 Å². The molecule has 108 valence electrons. The Labute approximate surface area is 120 Å². The maximum Gasteiger partial charge on any atom is 0.0700 e. The van der Waals surface area contributed by atoms with E-state index >= 15 is 0 Å². The van der Waals surface area contributed by atoms with Crippen molar-refractivity contribution in [3.8, 4) is 0 Å². The van der Waals surface area contributed by atoms with Gasteiger partial charge in [0, 0.05) is 38.3 Å². The molecular weight excluding hydrogens is 250 g/mol. The fourth-order valence-electron chi connectivity index (χ4n) is 3.22. The van der Waals surface area contributed by atoms with E-state index in [4.69, 9.17) is 4.74 Å². The molecule has 3 rings (SSSR count). The summed E-state index contributed by atoms with van der Waals surface area (Å²) >= 11 is 0. The molecule has 0 amide bonds. The monoisotopic (exact) mass is 273 g/mol. The molecule has 0 N–H and O–H groups in total. The van der Waals surface area contributed by atoms with Crippen LogP contribution in [0.5, 0.6) is 0 Å². The zero-order valence-electron chi connectivity index (χ0n) is 12.6. The highest BCUT2D eigenvalue weighted by Crippen LogP contribution is 2.35. The normalized spacial score (nSPS) is 18.6. The van der Waals surface area contributed by atoms with Gasteiger partial charge in [-0.1, -0.05) is 13.0 Å². The summed E-state index contributed by atoms with van der Waals surface area (Å²) in [7, 11) is 3.80. The first-order valence-corrected chi connectivity index (χ1v) is 7.28. The van der Waals surface area contributed by atoms with Crippen LogP contribution in [0.15, 0.2) is 24.4 Å². The Morgan fingerprint density at radius 2 is 2.05 bits per heavy atom. The Bertz CT molecular complexity index is 597. The molecule has 1 saturated heterocycles.